The van der Waals surface area contributed by atoms with Gasteiger partial charge >= 0.3 is 6.03 Å². The molecular formula is C27H31N5O3S. The third-order valence-electron chi connectivity index (χ3n) is 6.52. The molecule has 1 N–H and O–H groups in total. The highest BCUT2D eigenvalue weighted by Crippen LogP contribution is 2.29. The summed E-state index contributed by atoms with van der Waals surface area (Å²) in [7, 11) is 1.67. The second-order valence-electron chi connectivity index (χ2n) is 8.85. The molecule has 3 heterocycles. The molecule has 0 unspecified atom stereocenters. The fourth-order valence-electron chi connectivity index (χ4n) is 4.58. The van der Waals surface area contributed by atoms with Crippen molar-refractivity contribution >= 4 is 29.3 Å². The van der Waals surface area contributed by atoms with E-state index < -0.39 is 0 Å². The van der Waals surface area contributed by atoms with Crippen LogP contribution in [0.1, 0.15) is 22.6 Å². The molecule has 0 spiro atoms. The van der Waals surface area contributed by atoms with E-state index in [1.807, 2.05) is 53.6 Å². The molecule has 0 aliphatic carbocycles. The molecule has 2 aliphatic heterocycles. The van der Waals surface area contributed by atoms with E-state index in [0.29, 0.717) is 39.1 Å². The van der Waals surface area contributed by atoms with Crippen LogP contribution in [0.15, 0.2) is 53.4 Å². The molecule has 5 rings (SSSR count). The van der Waals surface area contributed by atoms with Gasteiger partial charge in [0.2, 0.25) is 0 Å². The zero-order chi connectivity index (χ0) is 24.9. The topological polar surface area (TPSA) is 79.8 Å². The third kappa shape index (κ3) is 5.57. The molecule has 0 bridgehead atoms. The van der Waals surface area contributed by atoms with Crippen LogP contribution in [0.25, 0.3) is 0 Å². The number of aromatic nitrogens is 2. The highest BCUT2D eigenvalue weighted by Gasteiger charge is 2.28. The highest BCUT2D eigenvalue weighted by atomic mass is 32.2. The van der Waals surface area contributed by atoms with Gasteiger partial charge in [-0.25, -0.2) is 14.8 Å². The van der Waals surface area contributed by atoms with Crippen molar-refractivity contribution in [2.45, 2.75) is 24.3 Å². The smallest absolute Gasteiger partial charge is 0.322 e. The molecule has 1 fully saturated rings. The Bertz CT molecular complexity index is 1210. The Labute approximate surface area is 216 Å². The van der Waals surface area contributed by atoms with Gasteiger partial charge in [0.1, 0.15) is 17.4 Å². The predicted octanol–water partition coefficient (Wildman–Crippen LogP) is 4.22. The zero-order valence-electron chi connectivity index (χ0n) is 20.7. The van der Waals surface area contributed by atoms with Crippen molar-refractivity contribution in [2.75, 3.05) is 56.4 Å². The van der Waals surface area contributed by atoms with Crippen molar-refractivity contribution in [1.29, 1.82) is 0 Å². The van der Waals surface area contributed by atoms with Gasteiger partial charge in [0.05, 0.1) is 32.6 Å². The maximum Gasteiger partial charge on any atom is 0.322 e. The second-order valence-corrected chi connectivity index (χ2v) is 9.73. The molecule has 8 nitrogen and oxygen atoms in total. The molecule has 2 amide bonds. The van der Waals surface area contributed by atoms with Crippen LogP contribution in [0.4, 0.5) is 16.3 Å². The molecule has 36 heavy (non-hydrogen) atoms. The van der Waals surface area contributed by atoms with E-state index in [0.717, 1.165) is 57.9 Å². The summed E-state index contributed by atoms with van der Waals surface area (Å²) in [5.41, 5.74) is 3.96. The first-order valence-corrected chi connectivity index (χ1v) is 13.4. The van der Waals surface area contributed by atoms with E-state index in [4.69, 9.17) is 19.4 Å². The molecule has 2 aromatic carbocycles. The number of nitrogens with zero attached hydrogens (tertiary/aromatic N) is 4. The lowest BCUT2D eigenvalue weighted by Crippen LogP contribution is -2.42. The SMILES string of the molecule is COc1cccc(Cc2nc3c(c(N4CCOCC4)n2)CN(C(=O)Nc2ccc(SC)cc2)CC3)c1. The van der Waals surface area contributed by atoms with E-state index in [2.05, 4.69) is 16.3 Å². The van der Waals surface area contributed by atoms with Crippen LogP contribution in [-0.4, -0.2) is 67.1 Å². The monoisotopic (exact) mass is 505 g/mol. The summed E-state index contributed by atoms with van der Waals surface area (Å²) in [6.07, 6.45) is 3.35. The number of benzene rings is 2. The fraction of sp³-hybridized carbons (Fsp3) is 0.370. The van der Waals surface area contributed by atoms with Crippen LogP contribution >= 0.6 is 11.8 Å². The number of anilines is 2. The number of hydrogen-bond donors (Lipinski definition) is 1. The van der Waals surface area contributed by atoms with Gasteiger partial charge in [-0.15, -0.1) is 11.8 Å². The van der Waals surface area contributed by atoms with Crippen molar-refractivity contribution in [1.82, 2.24) is 14.9 Å². The molecular weight excluding hydrogens is 474 g/mol. The van der Waals surface area contributed by atoms with Crippen LogP contribution in [0.5, 0.6) is 5.75 Å². The van der Waals surface area contributed by atoms with E-state index >= 15 is 0 Å². The van der Waals surface area contributed by atoms with Crippen LogP contribution in [0.2, 0.25) is 0 Å². The Morgan fingerprint density at radius 1 is 1.11 bits per heavy atom. The first kappa shape index (κ1) is 24.4. The summed E-state index contributed by atoms with van der Waals surface area (Å²) in [5.74, 6) is 2.53. The Morgan fingerprint density at radius 3 is 2.67 bits per heavy atom. The number of morpholine rings is 1. The minimum absolute atomic E-state index is 0.106. The minimum atomic E-state index is -0.106. The van der Waals surface area contributed by atoms with Gasteiger partial charge in [-0.05, 0) is 48.2 Å². The maximum absolute atomic E-state index is 13.1. The largest absolute Gasteiger partial charge is 0.497 e. The van der Waals surface area contributed by atoms with Crippen LogP contribution in [0, 0.1) is 0 Å². The lowest BCUT2D eigenvalue weighted by Gasteiger charge is -2.34. The van der Waals surface area contributed by atoms with E-state index in [9.17, 15) is 4.79 Å². The average molecular weight is 506 g/mol. The third-order valence-corrected chi connectivity index (χ3v) is 7.26. The zero-order valence-corrected chi connectivity index (χ0v) is 21.5. The molecule has 9 heteroatoms. The normalized spacial score (nSPS) is 15.4. The molecule has 3 aromatic rings. The fourth-order valence-corrected chi connectivity index (χ4v) is 4.99. The summed E-state index contributed by atoms with van der Waals surface area (Å²) >= 11 is 1.68. The number of hydrogen-bond acceptors (Lipinski definition) is 7. The number of nitrogens with one attached hydrogen (secondary N) is 1. The first-order chi connectivity index (χ1) is 17.6. The van der Waals surface area contributed by atoms with Crippen molar-refractivity contribution in [3.8, 4) is 5.75 Å². The standard InChI is InChI=1S/C27H31N5O3S/c1-34-21-5-3-4-19(16-21)17-25-29-24-10-11-32(27(33)28-20-6-8-22(36-2)9-7-20)18-23(24)26(30-25)31-12-14-35-15-13-31/h3-9,16H,10-15,17-18H2,1-2H3,(H,28,33). The summed E-state index contributed by atoms with van der Waals surface area (Å²) < 4.78 is 11.0. The Hall–Kier alpha value is -3.30. The predicted molar refractivity (Wildman–Crippen MR) is 142 cm³/mol. The quantitative estimate of drug-likeness (QED) is 0.503. The number of fused-ring (bicyclic) bond motifs is 1. The highest BCUT2D eigenvalue weighted by molar-refractivity contribution is 7.98. The van der Waals surface area contributed by atoms with Gasteiger partial charge in [-0.2, -0.15) is 0 Å². The molecule has 2 aliphatic rings. The van der Waals surface area contributed by atoms with Crippen LogP contribution < -0.4 is 15.0 Å². The molecule has 1 aromatic heterocycles. The van der Waals surface area contributed by atoms with E-state index in [-0.39, 0.29) is 6.03 Å². The minimum Gasteiger partial charge on any atom is -0.497 e. The van der Waals surface area contributed by atoms with E-state index in [1.54, 1.807) is 18.9 Å². The number of thioether (sulfide) groups is 1. The summed E-state index contributed by atoms with van der Waals surface area (Å²) in [6.45, 7) is 3.97. The number of rotatable bonds is 6. The summed E-state index contributed by atoms with van der Waals surface area (Å²) in [4.78, 5) is 28.3. The Balaban J connectivity index is 1.39. The molecule has 0 atom stereocenters. The number of ether oxygens (including phenoxy) is 2. The number of carbonyl (C=O) groups is 1. The molecule has 0 radical (unpaired) electrons. The van der Waals surface area contributed by atoms with Crippen LogP contribution in [0.3, 0.4) is 0 Å². The van der Waals surface area contributed by atoms with Crippen LogP contribution in [-0.2, 0) is 24.1 Å². The molecule has 1 saturated heterocycles. The summed E-state index contributed by atoms with van der Waals surface area (Å²) in [5, 5.41) is 3.04. The number of carbonyl (C=O) groups excluding carboxylic acids is 1. The van der Waals surface area contributed by atoms with Crippen molar-refractivity contribution in [2.24, 2.45) is 0 Å². The second kappa shape index (κ2) is 11.2. The maximum atomic E-state index is 13.1. The Morgan fingerprint density at radius 2 is 1.92 bits per heavy atom. The number of methoxy groups -OCH3 is 1. The summed E-state index contributed by atoms with van der Waals surface area (Å²) in [6, 6.07) is 15.8. The Kier molecular flexibility index (Phi) is 7.58. The van der Waals surface area contributed by atoms with Crippen molar-refractivity contribution < 1.29 is 14.3 Å². The first-order valence-electron chi connectivity index (χ1n) is 12.2. The van der Waals surface area contributed by atoms with Gasteiger partial charge in [-0.1, -0.05) is 12.1 Å². The van der Waals surface area contributed by atoms with Gasteiger partial charge in [0, 0.05) is 48.6 Å². The number of urea groups is 1. The van der Waals surface area contributed by atoms with E-state index in [1.165, 1.54) is 0 Å². The molecule has 188 valence electrons. The molecule has 0 saturated carbocycles. The van der Waals surface area contributed by atoms with Crippen molar-refractivity contribution in [3.63, 3.8) is 0 Å². The van der Waals surface area contributed by atoms with Gasteiger partial charge in [0.15, 0.2) is 0 Å². The number of amides is 2. The lowest BCUT2D eigenvalue weighted by molar-refractivity contribution is 0.122. The van der Waals surface area contributed by atoms with Gasteiger partial charge in [0.25, 0.3) is 0 Å². The lowest BCUT2D eigenvalue weighted by atomic mass is 10.0. The van der Waals surface area contributed by atoms with Gasteiger partial charge in [-0.3, -0.25) is 0 Å². The average Bonchev–Trinajstić information content (AvgIpc) is 2.93. The van der Waals surface area contributed by atoms with Crippen molar-refractivity contribution in [3.05, 3.63) is 71.2 Å². The van der Waals surface area contributed by atoms with Gasteiger partial charge < -0.3 is 24.6 Å².